The normalized spacial score (nSPS) is 24.0. The summed E-state index contributed by atoms with van der Waals surface area (Å²) in [6.45, 7) is 1.08. The second kappa shape index (κ2) is 11.6. The zero-order valence-electron chi connectivity index (χ0n) is 24.2. The average molecular weight is 632 g/mol. The quantitative estimate of drug-likeness (QED) is 0.187. The molecule has 0 amide bonds. The molecule has 4 heterocycles. The van der Waals surface area contributed by atoms with Gasteiger partial charge in [0.2, 0.25) is 0 Å². The molecule has 5 atom stereocenters. The van der Waals surface area contributed by atoms with Gasteiger partial charge in [-0.25, -0.2) is 18.7 Å². The molecule has 2 aliphatic heterocycles. The molecule has 0 spiro atoms. The Bertz CT molecular complexity index is 1950. The van der Waals surface area contributed by atoms with Crippen LogP contribution < -0.4 is 0 Å². The molecule has 7 rings (SSSR count). The fourth-order valence-electron chi connectivity index (χ4n) is 6.63. The van der Waals surface area contributed by atoms with E-state index in [-0.39, 0.29) is 17.3 Å². The molecule has 0 aliphatic carbocycles. The number of aliphatic carboxylic acids is 1. The topological polar surface area (TPSA) is 176 Å². The van der Waals surface area contributed by atoms with Crippen LogP contribution in [0.2, 0.25) is 0 Å². The number of rotatable bonds is 6. The predicted molar refractivity (Wildman–Crippen MR) is 161 cm³/mol. The van der Waals surface area contributed by atoms with Crippen molar-refractivity contribution >= 4 is 33.7 Å². The molecule has 2 fully saturated rings. The van der Waals surface area contributed by atoms with Crippen LogP contribution in [0.3, 0.4) is 0 Å². The molecule has 46 heavy (non-hydrogen) atoms. The van der Waals surface area contributed by atoms with Crippen molar-refractivity contribution in [3.8, 4) is 16.8 Å². The largest absolute Gasteiger partial charge is 0.479 e. The Morgan fingerprint density at radius 1 is 0.870 bits per heavy atom. The molecule has 0 radical (unpaired) electrons. The van der Waals surface area contributed by atoms with Crippen molar-refractivity contribution in [3.63, 3.8) is 0 Å². The molecule has 2 aliphatic rings. The van der Waals surface area contributed by atoms with Crippen LogP contribution in [-0.2, 0) is 14.3 Å². The molecular weight excluding hydrogens is 601 g/mol. The third-order valence-electron chi connectivity index (χ3n) is 8.91. The van der Waals surface area contributed by atoms with Crippen LogP contribution in [0.25, 0.3) is 38.6 Å². The first kappa shape index (κ1) is 30.0. The summed E-state index contributed by atoms with van der Waals surface area (Å²) in [5, 5.41) is 56.5. The van der Waals surface area contributed by atoms with Crippen molar-refractivity contribution < 1.29 is 49.0 Å². The SMILES string of the molecule is O=C(O)c1ccc(-c2c(C3CCOCC3)n(-c3ccc(F)cc3)c3cc4cnn([C@@H]5O[C@H](C(=O)O)[C@@H](O)[C@H](O)[C@H]5O)c4cc23)cc1. The van der Waals surface area contributed by atoms with Gasteiger partial charge in [-0.15, -0.1) is 0 Å². The van der Waals surface area contributed by atoms with E-state index in [2.05, 4.69) is 9.67 Å². The van der Waals surface area contributed by atoms with Crippen LogP contribution in [0.5, 0.6) is 0 Å². The first-order chi connectivity index (χ1) is 22.1. The zero-order valence-corrected chi connectivity index (χ0v) is 24.2. The highest BCUT2D eigenvalue weighted by Crippen LogP contribution is 2.45. The van der Waals surface area contributed by atoms with E-state index >= 15 is 0 Å². The summed E-state index contributed by atoms with van der Waals surface area (Å²) in [7, 11) is 0. The Morgan fingerprint density at radius 3 is 2.22 bits per heavy atom. The maximum Gasteiger partial charge on any atom is 0.335 e. The number of hydrogen-bond acceptors (Lipinski definition) is 8. The van der Waals surface area contributed by atoms with E-state index in [1.54, 1.807) is 24.3 Å². The minimum Gasteiger partial charge on any atom is -0.479 e. The number of aromatic nitrogens is 3. The van der Waals surface area contributed by atoms with Crippen LogP contribution >= 0.6 is 0 Å². The number of aliphatic hydroxyl groups is 3. The highest BCUT2D eigenvalue weighted by atomic mass is 19.1. The van der Waals surface area contributed by atoms with E-state index in [9.17, 15) is 39.5 Å². The summed E-state index contributed by atoms with van der Waals surface area (Å²) in [5.74, 6) is -2.93. The number of carboxylic acids is 2. The Balaban J connectivity index is 1.51. The van der Waals surface area contributed by atoms with Crippen molar-refractivity contribution in [2.75, 3.05) is 13.2 Å². The van der Waals surface area contributed by atoms with Gasteiger partial charge in [0.05, 0.1) is 22.8 Å². The first-order valence-electron chi connectivity index (χ1n) is 14.8. The van der Waals surface area contributed by atoms with E-state index in [4.69, 9.17) is 9.47 Å². The van der Waals surface area contributed by atoms with Crippen molar-refractivity contribution in [1.29, 1.82) is 0 Å². The summed E-state index contributed by atoms with van der Waals surface area (Å²) in [6.07, 6.45) is -5.68. The van der Waals surface area contributed by atoms with Gasteiger partial charge in [0, 0.05) is 46.8 Å². The van der Waals surface area contributed by atoms with Gasteiger partial charge >= 0.3 is 11.9 Å². The Labute approximate surface area is 260 Å². The van der Waals surface area contributed by atoms with Gasteiger partial charge in [-0.3, -0.25) is 0 Å². The van der Waals surface area contributed by atoms with Gasteiger partial charge in [-0.05, 0) is 66.9 Å². The number of halogens is 1. The van der Waals surface area contributed by atoms with Crippen molar-refractivity contribution in [3.05, 3.63) is 83.9 Å². The highest BCUT2D eigenvalue weighted by molar-refractivity contribution is 6.06. The number of carbonyl (C=O) groups is 2. The highest BCUT2D eigenvalue weighted by Gasteiger charge is 2.48. The van der Waals surface area contributed by atoms with E-state index in [1.807, 2.05) is 12.1 Å². The number of hydrogen-bond donors (Lipinski definition) is 5. The van der Waals surface area contributed by atoms with Crippen molar-refractivity contribution in [2.24, 2.45) is 0 Å². The standard InChI is InChI=1S/C33H30FN3O9/c34-20-5-7-21(8-6-20)36-24-13-19-15-35-37(31-29(40)27(38)28(39)30(46-31)33(43)44)23(19)14-22(24)25(26(36)17-9-11-45-12-10-17)16-1-3-18(4-2-16)32(41)42/h1-8,13-15,17,27-31,38-40H,9-12H2,(H,41,42)(H,43,44)/t27-,28-,29+,30-,31+/m0/s1. The second-order valence-corrected chi connectivity index (χ2v) is 11.6. The molecule has 13 heteroatoms. The molecule has 3 aromatic carbocycles. The Kier molecular flexibility index (Phi) is 7.57. The van der Waals surface area contributed by atoms with Crippen molar-refractivity contribution in [2.45, 2.75) is 49.4 Å². The fraction of sp³-hybridized carbons (Fsp3) is 0.303. The molecule has 2 saturated heterocycles. The van der Waals surface area contributed by atoms with Crippen LogP contribution in [0.15, 0.2) is 66.9 Å². The number of carboxylic acid groups (broad SMARTS) is 2. The summed E-state index contributed by atoms with van der Waals surface area (Å²) < 4.78 is 28.7. The maximum atomic E-state index is 14.1. The van der Waals surface area contributed by atoms with Gasteiger partial charge in [0.15, 0.2) is 12.3 Å². The maximum absolute atomic E-state index is 14.1. The number of fused-ring (bicyclic) bond motifs is 2. The Hall–Kier alpha value is -4.66. The summed E-state index contributed by atoms with van der Waals surface area (Å²) in [4.78, 5) is 23.5. The number of aromatic carboxylic acids is 1. The van der Waals surface area contributed by atoms with E-state index in [0.717, 1.165) is 27.7 Å². The predicted octanol–water partition coefficient (Wildman–Crippen LogP) is 3.44. The second-order valence-electron chi connectivity index (χ2n) is 11.6. The third kappa shape index (κ3) is 4.93. The van der Waals surface area contributed by atoms with Crippen LogP contribution in [-0.4, -0.2) is 89.4 Å². The van der Waals surface area contributed by atoms with Gasteiger partial charge in [-0.2, -0.15) is 5.10 Å². The molecule has 5 N–H and O–H groups in total. The fourth-order valence-corrected chi connectivity index (χ4v) is 6.63. The zero-order chi connectivity index (χ0) is 32.3. The minimum atomic E-state index is -1.86. The first-order valence-corrected chi connectivity index (χ1v) is 14.8. The Morgan fingerprint density at radius 2 is 1.57 bits per heavy atom. The van der Waals surface area contributed by atoms with E-state index in [0.29, 0.717) is 42.6 Å². The lowest BCUT2D eigenvalue weighted by Gasteiger charge is -2.38. The summed E-state index contributed by atoms with van der Waals surface area (Å²) >= 11 is 0. The molecule has 0 saturated carbocycles. The molecular formula is C33H30FN3O9. The van der Waals surface area contributed by atoms with Gasteiger partial charge in [-0.1, -0.05) is 12.1 Å². The summed E-state index contributed by atoms with van der Waals surface area (Å²) in [5.41, 5.74) is 4.50. The lowest BCUT2D eigenvalue weighted by molar-refractivity contribution is -0.248. The van der Waals surface area contributed by atoms with Gasteiger partial charge in [0.1, 0.15) is 24.1 Å². The number of aliphatic hydroxyl groups excluding tert-OH is 3. The van der Waals surface area contributed by atoms with Crippen LogP contribution in [0, 0.1) is 5.82 Å². The number of benzene rings is 3. The lowest BCUT2D eigenvalue weighted by Crippen LogP contribution is -2.57. The lowest BCUT2D eigenvalue weighted by atomic mass is 9.89. The average Bonchev–Trinajstić information content (AvgIpc) is 3.62. The molecule has 5 aromatic rings. The minimum absolute atomic E-state index is 0.0245. The molecule has 0 bridgehead atoms. The van der Waals surface area contributed by atoms with E-state index in [1.165, 1.54) is 35.1 Å². The monoisotopic (exact) mass is 631 g/mol. The number of nitrogens with zero attached hydrogens (tertiary/aromatic N) is 3. The van der Waals surface area contributed by atoms with Crippen molar-refractivity contribution in [1.82, 2.24) is 14.3 Å². The smallest absolute Gasteiger partial charge is 0.335 e. The third-order valence-corrected chi connectivity index (χ3v) is 8.91. The summed E-state index contributed by atoms with van der Waals surface area (Å²) in [6, 6.07) is 16.4. The molecule has 12 nitrogen and oxygen atoms in total. The van der Waals surface area contributed by atoms with Crippen LogP contribution in [0.4, 0.5) is 4.39 Å². The van der Waals surface area contributed by atoms with Gasteiger partial charge < -0.3 is 39.6 Å². The molecule has 2 aromatic heterocycles. The van der Waals surface area contributed by atoms with Gasteiger partial charge in [0.25, 0.3) is 0 Å². The molecule has 0 unspecified atom stereocenters. The number of ether oxygens (including phenoxy) is 2. The van der Waals surface area contributed by atoms with Crippen LogP contribution in [0.1, 0.15) is 41.0 Å². The molecule has 238 valence electrons. The van der Waals surface area contributed by atoms with E-state index < -0.39 is 42.6 Å².